The number of aliphatic hydroxyl groups is 1. The number of allylic oxidation sites excluding steroid dienone is 4. The Hall–Kier alpha value is -1.81. The topological polar surface area (TPSA) is 55.8 Å². The van der Waals surface area contributed by atoms with Crippen molar-refractivity contribution in [3.63, 3.8) is 0 Å². The molecule has 4 heteroatoms. The molecule has 3 atom stereocenters. The largest absolute Gasteiger partial charge is 0.512 e. The average Bonchev–Trinajstić information content (AvgIpc) is 2.64. The SMILES string of the molecule is C=C1C(OC(C)=O)OC2C=C(C)CCC=C(C)C=C(O)C12. The summed E-state index contributed by atoms with van der Waals surface area (Å²) in [5, 5.41) is 10.4. The quantitative estimate of drug-likeness (QED) is 0.592. The summed E-state index contributed by atoms with van der Waals surface area (Å²) in [6.45, 7) is 9.27. The van der Waals surface area contributed by atoms with Crippen LogP contribution in [0, 0.1) is 5.92 Å². The van der Waals surface area contributed by atoms with Gasteiger partial charge in [-0.3, -0.25) is 4.79 Å². The number of carbonyl (C=O) groups excluding carboxylic acids is 1. The van der Waals surface area contributed by atoms with Gasteiger partial charge >= 0.3 is 5.97 Å². The van der Waals surface area contributed by atoms with Crippen LogP contribution in [0.1, 0.15) is 33.6 Å². The first-order valence-corrected chi connectivity index (χ1v) is 7.14. The molecule has 0 radical (unpaired) electrons. The van der Waals surface area contributed by atoms with Crippen molar-refractivity contribution in [2.75, 3.05) is 0 Å². The molecule has 1 fully saturated rings. The number of fused-ring (bicyclic) bond motifs is 1. The number of aliphatic hydroxyl groups excluding tert-OH is 1. The Morgan fingerprint density at radius 1 is 1.48 bits per heavy atom. The summed E-state index contributed by atoms with van der Waals surface area (Å²) in [6, 6.07) is 0. The van der Waals surface area contributed by atoms with Crippen LogP contribution in [0.25, 0.3) is 0 Å². The summed E-state index contributed by atoms with van der Waals surface area (Å²) in [7, 11) is 0. The molecule has 1 heterocycles. The summed E-state index contributed by atoms with van der Waals surface area (Å²) in [5.41, 5.74) is 2.76. The van der Waals surface area contributed by atoms with Gasteiger partial charge in [0.2, 0.25) is 6.29 Å². The minimum absolute atomic E-state index is 0.194. The standard InChI is InChI=1S/C17H22O4/c1-10-6-5-7-11(2)9-15-16(14(19)8-10)12(3)17(21-15)20-13(4)18/h6,8-9,15-17,19H,3,5,7H2,1-2,4H3. The lowest BCUT2D eigenvalue weighted by Crippen LogP contribution is -2.17. The first kappa shape index (κ1) is 15.6. The second-order valence-electron chi connectivity index (χ2n) is 5.66. The van der Waals surface area contributed by atoms with Crippen molar-refractivity contribution in [2.24, 2.45) is 5.92 Å². The molecule has 2 rings (SSSR count). The molecule has 114 valence electrons. The minimum atomic E-state index is -0.804. The van der Waals surface area contributed by atoms with Crippen molar-refractivity contribution in [3.05, 3.63) is 47.3 Å². The Morgan fingerprint density at radius 2 is 2.19 bits per heavy atom. The van der Waals surface area contributed by atoms with Gasteiger partial charge in [-0.05, 0) is 32.8 Å². The Bertz CT molecular complexity index is 539. The number of hydrogen-bond donors (Lipinski definition) is 1. The van der Waals surface area contributed by atoms with Crippen molar-refractivity contribution in [2.45, 2.75) is 46.0 Å². The van der Waals surface area contributed by atoms with Gasteiger partial charge in [-0.25, -0.2) is 0 Å². The molecule has 0 aromatic carbocycles. The Kier molecular flexibility index (Phi) is 4.68. The van der Waals surface area contributed by atoms with Crippen LogP contribution in [0.15, 0.2) is 47.3 Å². The van der Waals surface area contributed by atoms with Gasteiger partial charge < -0.3 is 14.6 Å². The molecule has 4 nitrogen and oxygen atoms in total. The van der Waals surface area contributed by atoms with Crippen LogP contribution >= 0.6 is 0 Å². The fourth-order valence-electron chi connectivity index (χ4n) is 2.69. The van der Waals surface area contributed by atoms with Crippen molar-refractivity contribution in [1.82, 2.24) is 0 Å². The minimum Gasteiger partial charge on any atom is -0.512 e. The van der Waals surface area contributed by atoms with Gasteiger partial charge in [0.1, 0.15) is 5.76 Å². The number of esters is 1. The first-order chi connectivity index (χ1) is 9.88. The van der Waals surface area contributed by atoms with Gasteiger partial charge in [0, 0.05) is 12.5 Å². The van der Waals surface area contributed by atoms with E-state index in [0.29, 0.717) is 5.57 Å². The lowest BCUT2D eigenvalue weighted by atomic mass is 9.91. The zero-order valence-electron chi connectivity index (χ0n) is 12.8. The summed E-state index contributed by atoms with van der Waals surface area (Å²) in [5.74, 6) is -0.616. The van der Waals surface area contributed by atoms with Crippen LogP contribution < -0.4 is 0 Å². The van der Waals surface area contributed by atoms with Crippen LogP contribution in [0.4, 0.5) is 0 Å². The highest BCUT2D eigenvalue weighted by Gasteiger charge is 2.41. The third-order valence-corrected chi connectivity index (χ3v) is 3.73. The molecule has 0 spiro atoms. The van der Waals surface area contributed by atoms with E-state index in [4.69, 9.17) is 9.47 Å². The van der Waals surface area contributed by atoms with Crippen LogP contribution in [0.5, 0.6) is 0 Å². The van der Waals surface area contributed by atoms with Crippen LogP contribution in [-0.2, 0) is 14.3 Å². The van der Waals surface area contributed by atoms with E-state index in [1.807, 2.05) is 19.9 Å². The number of ether oxygens (including phenoxy) is 2. The summed E-state index contributed by atoms with van der Waals surface area (Å²) >= 11 is 0. The zero-order chi connectivity index (χ0) is 15.6. The van der Waals surface area contributed by atoms with Crippen molar-refractivity contribution in [3.8, 4) is 0 Å². The molecule has 2 aliphatic rings. The molecule has 0 aromatic heterocycles. The normalized spacial score (nSPS) is 30.0. The molecule has 0 bridgehead atoms. The molecule has 0 aromatic rings. The Morgan fingerprint density at radius 3 is 2.86 bits per heavy atom. The molecule has 1 saturated heterocycles. The maximum Gasteiger partial charge on any atom is 0.305 e. The second-order valence-corrected chi connectivity index (χ2v) is 5.66. The molecule has 21 heavy (non-hydrogen) atoms. The van der Waals surface area contributed by atoms with Gasteiger partial charge in [0.05, 0.1) is 12.0 Å². The molecular formula is C17H22O4. The number of carbonyl (C=O) groups is 1. The molecule has 0 amide bonds. The van der Waals surface area contributed by atoms with Crippen LogP contribution in [0.2, 0.25) is 0 Å². The van der Waals surface area contributed by atoms with Gasteiger partial charge in [0.15, 0.2) is 0 Å². The molecule has 0 saturated carbocycles. The average molecular weight is 290 g/mol. The van der Waals surface area contributed by atoms with E-state index in [-0.39, 0.29) is 17.8 Å². The third kappa shape index (κ3) is 3.64. The van der Waals surface area contributed by atoms with Crippen molar-refractivity contribution in [1.29, 1.82) is 0 Å². The molecule has 3 unspecified atom stereocenters. The van der Waals surface area contributed by atoms with Crippen molar-refractivity contribution < 1.29 is 19.4 Å². The van der Waals surface area contributed by atoms with Gasteiger partial charge in [-0.2, -0.15) is 0 Å². The summed E-state index contributed by atoms with van der Waals surface area (Å²) < 4.78 is 10.9. The van der Waals surface area contributed by atoms with E-state index < -0.39 is 12.3 Å². The van der Waals surface area contributed by atoms with Crippen LogP contribution in [-0.4, -0.2) is 23.5 Å². The second kappa shape index (κ2) is 6.31. The highest BCUT2D eigenvalue weighted by Crippen LogP contribution is 2.38. The van der Waals surface area contributed by atoms with Crippen LogP contribution in [0.3, 0.4) is 0 Å². The van der Waals surface area contributed by atoms with E-state index in [9.17, 15) is 9.90 Å². The van der Waals surface area contributed by atoms with E-state index >= 15 is 0 Å². The maximum atomic E-state index is 11.1. The van der Waals surface area contributed by atoms with Gasteiger partial charge in [-0.1, -0.05) is 29.9 Å². The Labute approximate surface area is 125 Å². The van der Waals surface area contributed by atoms with Gasteiger partial charge in [0.25, 0.3) is 0 Å². The predicted octanol–water partition coefficient (Wildman–Crippen LogP) is 3.58. The Balaban J connectivity index is 2.37. The van der Waals surface area contributed by atoms with E-state index in [1.54, 1.807) is 6.08 Å². The van der Waals surface area contributed by atoms with E-state index in [2.05, 4.69) is 12.7 Å². The highest BCUT2D eigenvalue weighted by molar-refractivity contribution is 5.66. The molecule has 1 N–H and O–H groups in total. The van der Waals surface area contributed by atoms with E-state index in [1.165, 1.54) is 12.5 Å². The lowest BCUT2D eigenvalue weighted by molar-refractivity contribution is -0.165. The number of hydrogen-bond acceptors (Lipinski definition) is 4. The smallest absolute Gasteiger partial charge is 0.305 e. The monoisotopic (exact) mass is 290 g/mol. The molecule has 1 aliphatic heterocycles. The predicted molar refractivity (Wildman–Crippen MR) is 80.5 cm³/mol. The molecular weight excluding hydrogens is 268 g/mol. The highest BCUT2D eigenvalue weighted by atomic mass is 16.7. The summed E-state index contributed by atoms with van der Waals surface area (Å²) in [4.78, 5) is 11.1. The molecule has 1 aliphatic carbocycles. The van der Waals surface area contributed by atoms with Crippen molar-refractivity contribution >= 4 is 5.97 Å². The lowest BCUT2D eigenvalue weighted by Gasteiger charge is -2.17. The first-order valence-electron chi connectivity index (χ1n) is 7.14. The summed E-state index contributed by atoms with van der Waals surface area (Å²) in [6.07, 6.45) is 6.50. The maximum absolute atomic E-state index is 11.1. The van der Waals surface area contributed by atoms with E-state index in [0.717, 1.165) is 18.4 Å². The number of rotatable bonds is 1. The third-order valence-electron chi connectivity index (χ3n) is 3.73. The van der Waals surface area contributed by atoms with Gasteiger partial charge in [-0.15, -0.1) is 0 Å². The fourth-order valence-corrected chi connectivity index (χ4v) is 2.69. The zero-order valence-corrected chi connectivity index (χ0v) is 12.8. The fraction of sp³-hybridized carbons (Fsp3) is 0.471.